The van der Waals surface area contributed by atoms with E-state index < -0.39 is 0 Å². The second kappa shape index (κ2) is 6.33. The average molecular weight is 280 g/mol. The SMILES string of the molecule is CCCOc1nc(Cl)nc(Oc2ccccc2C)n1. The van der Waals surface area contributed by atoms with Gasteiger partial charge in [0.05, 0.1) is 6.61 Å². The quantitative estimate of drug-likeness (QED) is 0.839. The molecule has 0 saturated heterocycles. The zero-order valence-electron chi connectivity index (χ0n) is 10.8. The number of hydrogen-bond donors (Lipinski definition) is 0. The summed E-state index contributed by atoms with van der Waals surface area (Å²) < 4.78 is 10.9. The minimum absolute atomic E-state index is 0.0460. The Morgan fingerprint density at radius 1 is 1.11 bits per heavy atom. The lowest BCUT2D eigenvalue weighted by atomic mass is 10.2. The molecule has 2 aromatic rings. The largest absolute Gasteiger partial charge is 0.463 e. The van der Waals surface area contributed by atoms with E-state index in [4.69, 9.17) is 21.1 Å². The molecule has 0 aliphatic heterocycles. The molecular weight excluding hydrogens is 266 g/mol. The standard InChI is InChI=1S/C13H14ClN3O2/c1-3-8-18-12-15-11(14)16-13(17-12)19-10-7-5-4-6-9(10)2/h4-7H,3,8H2,1-2H3. The van der Waals surface area contributed by atoms with Crippen LogP contribution in [0.3, 0.4) is 0 Å². The lowest BCUT2D eigenvalue weighted by molar-refractivity contribution is 0.284. The van der Waals surface area contributed by atoms with Crippen LogP contribution in [0.15, 0.2) is 24.3 Å². The van der Waals surface area contributed by atoms with Gasteiger partial charge in [-0.05, 0) is 36.6 Å². The summed E-state index contributed by atoms with van der Waals surface area (Å²) in [6.45, 7) is 4.45. The van der Waals surface area contributed by atoms with Gasteiger partial charge in [0.2, 0.25) is 5.28 Å². The summed E-state index contributed by atoms with van der Waals surface area (Å²) in [5.74, 6) is 0.672. The number of hydrogen-bond acceptors (Lipinski definition) is 5. The molecular formula is C13H14ClN3O2. The predicted molar refractivity (Wildman–Crippen MR) is 71.9 cm³/mol. The van der Waals surface area contributed by atoms with Crippen LogP contribution in [0.2, 0.25) is 5.28 Å². The molecule has 0 fully saturated rings. The Hall–Kier alpha value is -1.88. The molecule has 19 heavy (non-hydrogen) atoms. The van der Waals surface area contributed by atoms with Crippen LogP contribution in [0.4, 0.5) is 0 Å². The third-order valence-electron chi connectivity index (χ3n) is 2.30. The molecule has 5 nitrogen and oxygen atoms in total. The number of halogens is 1. The van der Waals surface area contributed by atoms with Crippen LogP contribution in [0.5, 0.6) is 17.8 Å². The Balaban J connectivity index is 2.20. The molecule has 100 valence electrons. The van der Waals surface area contributed by atoms with Gasteiger partial charge in [0.1, 0.15) is 5.75 Å². The molecule has 0 atom stereocenters. The smallest absolute Gasteiger partial charge is 0.329 e. The van der Waals surface area contributed by atoms with Crippen LogP contribution < -0.4 is 9.47 Å². The van der Waals surface area contributed by atoms with E-state index in [2.05, 4.69) is 15.0 Å². The van der Waals surface area contributed by atoms with Crippen LogP contribution >= 0.6 is 11.6 Å². The van der Waals surface area contributed by atoms with Crippen molar-refractivity contribution in [1.82, 2.24) is 15.0 Å². The zero-order chi connectivity index (χ0) is 13.7. The van der Waals surface area contributed by atoms with Crippen LogP contribution in [-0.4, -0.2) is 21.6 Å². The summed E-state index contributed by atoms with van der Waals surface area (Å²) >= 11 is 5.81. The summed E-state index contributed by atoms with van der Waals surface area (Å²) in [6.07, 6.45) is 0.858. The summed E-state index contributed by atoms with van der Waals surface area (Å²) in [4.78, 5) is 11.9. The van der Waals surface area contributed by atoms with Crippen LogP contribution in [0.1, 0.15) is 18.9 Å². The van der Waals surface area contributed by atoms with Crippen molar-refractivity contribution in [2.75, 3.05) is 6.61 Å². The van der Waals surface area contributed by atoms with Gasteiger partial charge in [0.15, 0.2) is 0 Å². The normalized spacial score (nSPS) is 10.3. The molecule has 0 amide bonds. The number of aromatic nitrogens is 3. The Morgan fingerprint density at radius 3 is 2.58 bits per heavy atom. The summed E-state index contributed by atoms with van der Waals surface area (Å²) in [5.41, 5.74) is 0.982. The second-order valence-electron chi connectivity index (χ2n) is 3.89. The van der Waals surface area contributed by atoms with E-state index in [9.17, 15) is 0 Å². The number of benzene rings is 1. The molecule has 6 heteroatoms. The average Bonchev–Trinajstić information content (AvgIpc) is 2.38. The predicted octanol–water partition coefficient (Wildman–Crippen LogP) is 3.41. The topological polar surface area (TPSA) is 57.1 Å². The Labute approximate surface area is 116 Å². The van der Waals surface area contributed by atoms with Crippen molar-refractivity contribution in [2.45, 2.75) is 20.3 Å². The first-order valence-corrected chi connectivity index (χ1v) is 6.34. The van der Waals surface area contributed by atoms with Crippen molar-refractivity contribution in [1.29, 1.82) is 0 Å². The van der Waals surface area contributed by atoms with E-state index >= 15 is 0 Å². The van der Waals surface area contributed by atoms with E-state index in [0.717, 1.165) is 12.0 Å². The molecule has 0 spiro atoms. The van der Waals surface area contributed by atoms with Gasteiger partial charge < -0.3 is 9.47 Å². The van der Waals surface area contributed by atoms with Crippen molar-refractivity contribution in [3.05, 3.63) is 35.1 Å². The fourth-order valence-electron chi connectivity index (χ4n) is 1.39. The van der Waals surface area contributed by atoms with Crippen molar-refractivity contribution in [2.24, 2.45) is 0 Å². The Morgan fingerprint density at radius 2 is 1.84 bits per heavy atom. The highest BCUT2D eigenvalue weighted by molar-refractivity contribution is 6.28. The summed E-state index contributed by atoms with van der Waals surface area (Å²) in [6, 6.07) is 7.87. The Kier molecular flexibility index (Phi) is 4.52. The molecule has 1 aromatic heterocycles. The maximum Gasteiger partial charge on any atom is 0.329 e. The molecule has 0 aliphatic carbocycles. The van der Waals surface area contributed by atoms with Crippen molar-refractivity contribution in [3.8, 4) is 17.8 Å². The van der Waals surface area contributed by atoms with Crippen LogP contribution in [-0.2, 0) is 0 Å². The third kappa shape index (κ3) is 3.79. The highest BCUT2D eigenvalue weighted by Gasteiger charge is 2.09. The van der Waals surface area contributed by atoms with Gasteiger partial charge in [-0.3, -0.25) is 0 Å². The van der Waals surface area contributed by atoms with Gasteiger partial charge in [-0.15, -0.1) is 4.98 Å². The highest BCUT2D eigenvalue weighted by atomic mass is 35.5. The van der Waals surface area contributed by atoms with E-state index in [-0.39, 0.29) is 17.3 Å². The van der Waals surface area contributed by atoms with Gasteiger partial charge in [0, 0.05) is 0 Å². The van der Waals surface area contributed by atoms with E-state index in [1.807, 2.05) is 38.1 Å². The fourth-order valence-corrected chi connectivity index (χ4v) is 1.53. The van der Waals surface area contributed by atoms with E-state index in [0.29, 0.717) is 12.4 Å². The van der Waals surface area contributed by atoms with Crippen LogP contribution in [0.25, 0.3) is 0 Å². The first-order chi connectivity index (χ1) is 9.19. The summed E-state index contributed by atoms with van der Waals surface area (Å²) in [5, 5.41) is 0.0460. The molecule has 0 N–H and O–H groups in total. The molecule has 0 saturated carbocycles. The van der Waals surface area contributed by atoms with Gasteiger partial charge in [-0.25, -0.2) is 0 Å². The highest BCUT2D eigenvalue weighted by Crippen LogP contribution is 2.23. The first-order valence-electron chi connectivity index (χ1n) is 5.97. The van der Waals surface area contributed by atoms with Crippen molar-refractivity contribution < 1.29 is 9.47 Å². The molecule has 1 aromatic carbocycles. The third-order valence-corrected chi connectivity index (χ3v) is 2.47. The summed E-state index contributed by atoms with van der Waals surface area (Å²) in [7, 11) is 0. The number of nitrogens with zero attached hydrogens (tertiary/aromatic N) is 3. The Bertz CT molecular complexity index is 563. The first kappa shape index (κ1) is 13.5. The minimum Gasteiger partial charge on any atom is -0.463 e. The second-order valence-corrected chi connectivity index (χ2v) is 4.22. The van der Waals surface area contributed by atoms with Gasteiger partial charge >= 0.3 is 12.0 Å². The van der Waals surface area contributed by atoms with Crippen molar-refractivity contribution in [3.63, 3.8) is 0 Å². The molecule has 2 rings (SSSR count). The number of aryl methyl sites for hydroxylation is 1. The van der Waals surface area contributed by atoms with Gasteiger partial charge in [-0.2, -0.15) is 9.97 Å². The fraction of sp³-hybridized carbons (Fsp3) is 0.308. The van der Waals surface area contributed by atoms with E-state index in [1.54, 1.807) is 0 Å². The van der Waals surface area contributed by atoms with Crippen LogP contribution in [0, 0.1) is 6.92 Å². The lowest BCUT2D eigenvalue weighted by Gasteiger charge is -2.08. The maximum absolute atomic E-state index is 5.81. The molecule has 1 heterocycles. The minimum atomic E-state index is 0.0460. The van der Waals surface area contributed by atoms with Crippen molar-refractivity contribution >= 4 is 11.6 Å². The maximum atomic E-state index is 5.81. The lowest BCUT2D eigenvalue weighted by Crippen LogP contribution is -2.03. The number of rotatable bonds is 5. The molecule has 0 bridgehead atoms. The molecule has 0 aliphatic rings. The zero-order valence-corrected chi connectivity index (χ0v) is 11.5. The van der Waals surface area contributed by atoms with Gasteiger partial charge in [0.25, 0.3) is 0 Å². The van der Waals surface area contributed by atoms with E-state index in [1.165, 1.54) is 0 Å². The number of para-hydroxylation sites is 1. The number of ether oxygens (including phenoxy) is 2. The van der Waals surface area contributed by atoms with Gasteiger partial charge in [-0.1, -0.05) is 25.1 Å². The molecule has 0 unspecified atom stereocenters. The monoisotopic (exact) mass is 279 g/mol. The molecule has 0 radical (unpaired) electrons.